The fourth-order valence-corrected chi connectivity index (χ4v) is 2.91. The van der Waals surface area contributed by atoms with E-state index in [0.29, 0.717) is 5.92 Å². The SMILES string of the molecule is CC(C)c1cccc(C=C(CNC(=O)OC(C)(C)C)B2OC(C)(C)C(C)(C)O2)c1. The number of alkyl carbamates (subject to hydrolysis) is 1. The Balaban J connectivity index is 2.29. The number of hydrogen-bond acceptors (Lipinski definition) is 4. The van der Waals surface area contributed by atoms with Crippen molar-refractivity contribution in [3.8, 4) is 0 Å². The normalized spacial score (nSPS) is 18.8. The van der Waals surface area contributed by atoms with Crippen molar-refractivity contribution in [2.75, 3.05) is 6.54 Å². The smallest absolute Gasteiger partial charge is 0.444 e. The van der Waals surface area contributed by atoms with Crippen LogP contribution >= 0.6 is 0 Å². The maximum absolute atomic E-state index is 12.2. The number of carbonyl (C=O) groups is 1. The summed E-state index contributed by atoms with van der Waals surface area (Å²) in [4.78, 5) is 12.2. The van der Waals surface area contributed by atoms with Gasteiger partial charge in [-0.25, -0.2) is 4.79 Å². The molecule has 0 bridgehead atoms. The highest BCUT2D eigenvalue weighted by Crippen LogP contribution is 2.38. The Hall–Kier alpha value is -1.79. The zero-order valence-electron chi connectivity index (χ0n) is 19.4. The lowest BCUT2D eigenvalue weighted by Crippen LogP contribution is -2.41. The zero-order chi connectivity index (χ0) is 22.0. The molecule has 0 unspecified atom stereocenters. The van der Waals surface area contributed by atoms with Gasteiger partial charge in [-0.1, -0.05) is 44.2 Å². The molecule has 1 aliphatic heterocycles. The van der Waals surface area contributed by atoms with E-state index in [2.05, 4.69) is 31.3 Å². The molecule has 1 aliphatic rings. The first-order valence-electron chi connectivity index (χ1n) is 10.3. The summed E-state index contributed by atoms with van der Waals surface area (Å²) in [5.74, 6) is 0.434. The molecule has 5 nitrogen and oxygen atoms in total. The molecule has 29 heavy (non-hydrogen) atoms. The van der Waals surface area contributed by atoms with Crippen LogP contribution in [0.1, 0.15) is 79.4 Å². The summed E-state index contributed by atoms with van der Waals surface area (Å²) in [7, 11) is -0.544. The summed E-state index contributed by atoms with van der Waals surface area (Å²) in [6.07, 6.45) is 1.57. The largest absolute Gasteiger partial charge is 0.492 e. The first-order valence-corrected chi connectivity index (χ1v) is 10.3. The van der Waals surface area contributed by atoms with Crippen molar-refractivity contribution in [3.63, 3.8) is 0 Å². The van der Waals surface area contributed by atoms with Gasteiger partial charge in [0.2, 0.25) is 0 Å². The molecule has 1 aromatic rings. The van der Waals surface area contributed by atoms with Crippen LogP contribution in [-0.2, 0) is 14.0 Å². The number of nitrogens with one attached hydrogen (secondary N) is 1. The van der Waals surface area contributed by atoms with Crippen molar-refractivity contribution in [1.82, 2.24) is 5.32 Å². The van der Waals surface area contributed by atoms with Gasteiger partial charge in [0.1, 0.15) is 5.60 Å². The summed E-state index contributed by atoms with van der Waals surface area (Å²) in [6, 6.07) is 8.37. The van der Waals surface area contributed by atoms with E-state index in [9.17, 15) is 4.79 Å². The van der Waals surface area contributed by atoms with Crippen LogP contribution < -0.4 is 5.32 Å². The topological polar surface area (TPSA) is 56.8 Å². The van der Waals surface area contributed by atoms with Gasteiger partial charge in [-0.05, 0) is 71.0 Å². The highest BCUT2D eigenvalue weighted by atomic mass is 16.7. The first kappa shape index (κ1) is 23.5. The molecule has 0 aliphatic carbocycles. The second-order valence-corrected chi connectivity index (χ2v) is 9.99. The Labute approximate surface area is 176 Å². The minimum absolute atomic E-state index is 0.275. The lowest BCUT2D eigenvalue weighted by Gasteiger charge is -2.32. The second kappa shape index (κ2) is 8.53. The average molecular weight is 401 g/mol. The minimum atomic E-state index is -0.552. The molecule has 1 heterocycles. The van der Waals surface area contributed by atoms with Crippen LogP contribution in [0.15, 0.2) is 29.7 Å². The average Bonchev–Trinajstić information content (AvgIpc) is 2.77. The molecule has 2 rings (SSSR count). The molecule has 0 spiro atoms. The van der Waals surface area contributed by atoms with Crippen molar-refractivity contribution < 1.29 is 18.8 Å². The molecule has 1 amide bonds. The Morgan fingerprint density at radius 3 is 2.28 bits per heavy atom. The Kier molecular flexibility index (Phi) is 6.91. The van der Waals surface area contributed by atoms with Gasteiger partial charge >= 0.3 is 13.2 Å². The third-order valence-corrected chi connectivity index (χ3v) is 5.32. The number of benzene rings is 1. The van der Waals surface area contributed by atoms with Gasteiger partial charge in [0, 0.05) is 6.54 Å². The van der Waals surface area contributed by atoms with Gasteiger partial charge in [-0.2, -0.15) is 0 Å². The molecule has 1 N–H and O–H groups in total. The van der Waals surface area contributed by atoms with Gasteiger partial charge in [-0.3, -0.25) is 0 Å². The second-order valence-electron chi connectivity index (χ2n) is 9.99. The van der Waals surface area contributed by atoms with Crippen LogP contribution in [0.3, 0.4) is 0 Å². The van der Waals surface area contributed by atoms with Gasteiger partial charge < -0.3 is 19.4 Å². The monoisotopic (exact) mass is 401 g/mol. The standard InChI is InChI=1S/C23H36BNO4/c1-16(2)18-12-10-11-17(13-18)14-19(15-25-20(26)27-21(3,4)5)24-28-22(6,7)23(8,9)29-24/h10-14,16H,15H2,1-9H3,(H,25,26). The van der Waals surface area contributed by atoms with Crippen LogP contribution in [0.4, 0.5) is 4.79 Å². The maximum Gasteiger partial charge on any atom is 0.492 e. The number of hydrogen-bond donors (Lipinski definition) is 1. The predicted octanol–water partition coefficient (Wildman–Crippen LogP) is 5.35. The molecule has 1 fully saturated rings. The van der Waals surface area contributed by atoms with Crippen molar-refractivity contribution >= 4 is 19.3 Å². The van der Waals surface area contributed by atoms with Gasteiger partial charge in [0.05, 0.1) is 11.2 Å². The third-order valence-electron chi connectivity index (χ3n) is 5.32. The van der Waals surface area contributed by atoms with Crippen molar-refractivity contribution in [1.29, 1.82) is 0 Å². The van der Waals surface area contributed by atoms with Crippen LogP contribution in [-0.4, -0.2) is 36.6 Å². The Morgan fingerprint density at radius 2 is 1.76 bits per heavy atom. The van der Waals surface area contributed by atoms with E-state index >= 15 is 0 Å². The maximum atomic E-state index is 12.2. The van der Waals surface area contributed by atoms with Crippen molar-refractivity contribution in [2.45, 2.75) is 85.0 Å². The molecular weight excluding hydrogens is 365 g/mol. The fourth-order valence-electron chi connectivity index (χ4n) is 2.91. The quantitative estimate of drug-likeness (QED) is 0.676. The minimum Gasteiger partial charge on any atom is -0.444 e. The van der Waals surface area contributed by atoms with E-state index in [1.54, 1.807) is 0 Å². The van der Waals surface area contributed by atoms with Crippen molar-refractivity contribution in [3.05, 3.63) is 40.9 Å². The molecule has 0 aromatic heterocycles. The molecule has 1 saturated heterocycles. The summed E-state index contributed by atoms with van der Waals surface area (Å²) in [5, 5.41) is 2.84. The molecule has 160 valence electrons. The van der Waals surface area contributed by atoms with E-state index in [1.165, 1.54) is 5.56 Å². The Bertz CT molecular complexity index is 746. The summed E-state index contributed by atoms with van der Waals surface area (Å²) < 4.78 is 17.8. The molecule has 6 heteroatoms. The highest BCUT2D eigenvalue weighted by Gasteiger charge is 2.52. The van der Waals surface area contributed by atoms with E-state index < -0.39 is 30.0 Å². The predicted molar refractivity (Wildman–Crippen MR) is 119 cm³/mol. The lowest BCUT2D eigenvalue weighted by atomic mass is 9.77. The third kappa shape index (κ3) is 6.35. The molecule has 0 atom stereocenters. The number of rotatable bonds is 5. The molecule has 1 aromatic carbocycles. The lowest BCUT2D eigenvalue weighted by molar-refractivity contribution is 0.00578. The van der Waals surface area contributed by atoms with Crippen LogP contribution in [0.2, 0.25) is 0 Å². The zero-order valence-corrected chi connectivity index (χ0v) is 19.4. The van der Waals surface area contributed by atoms with E-state index in [1.807, 2.05) is 66.7 Å². The highest BCUT2D eigenvalue weighted by molar-refractivity contribution is 6.56. The van der Waals surface area contributed by atoms with Crippen LogP contribution in [0.5, 0.6) is 0 Å². The number of amides is 1. The number of ether oxygens (including phenoxy) is 1. The summed E-state index contributed by atoms with van der Waals surface area (Å²) >= 11 is 0. The van der Waals surface area contributed by atoms with Gasteiger partial charge in [0.25, 0.3) is 0 Å². The Morgan fingerprint density at radius 1 is 1.17 bits per heavy atom. The fraction of sp³-hybridized carbons (Fsp3) is 0.609. The first-order chi connectivity index (χ1) is 13.2. The van der Waals surface area contributed by atoms with Gasteiger partial charge in [0.15, 0.2) is 0 Å². The molecule has 0 saturated carbocycles. The van der Waals surface area contributed by atoms with Crippen LogP contribution in [0.25, 0.3) is 6.08 Å². The number of carbonyl (C=O) groups excluding carboxylic acids is 1. The molecular formula is C23H36BNO4. The van der Waals surface area contributed by atoms with E-state index in [0.717, 1.165) is 11.0 Å². The summed E-state index contributed by atoms with van der Waals surface area (Å²) in [6.45, 7) is 18.2. The molecule has 0 radical (unpaired) electrons. The van der Waals surface area contributed by atoms with Crippen molar-refractivity contribution in [2.24, 2.45) is 0 Å². The summed E-state index contributed by atoms with van der Waals surface area (Å²) in [5.41, 5.74) is 1.68. The van der Waals surface area contributed by atoms with Gasteiger partial charge in [-0.15, -0.1) is 0 Å². The van der Waals surface area contributed by atoms with Crippen LogP contribution in [0, 0.1) is 0 Å². The van der Waals surface area contributed by atoms with E-state index in [4.69, 9.17) is 14.0 Å². The van der Waals surface area contributed by atoms with E-state index in [-0.39, 0.29) is 6.54 Å².